The Morgan fingerprint density at radius 3 is 2.14 bits per heavy atom. The van der Waals surface area contributed by atoms with E-state index in [0.29, 0.717) is 17.2 Å². The quantitative estimate of drug-likeness (QED) is 0.656. The maximum absolute atomic E-state index is 12.6. The Hall–Kier alpha value is -3.13. The number of amides is 2. The van der Waals surface area contributed by atoms with Crippen molar-refractivity contribution in [1.82, 2.24) is 5.06 Å². The molecule has 8 nitrogen and oxygen atoms in total. The number of benzene rings is 2. The lowest BCUT2D eigenvalue weighted by Crippen LogP contribution is -2.47. The standard InChI is InChI=1S/C20H23ClN2O6/c1-20(2,3)23(19(25)26)29-13-8-6-12(7-9-13)22-18(24)14-10-11-15(27-4)17(28-5)16(14)21/h6-11H,1-5H3,(H,22,24)(H,25,26). The summed E-state index contributed by atoms with van der Waals surface area (Å²) in [4.78, 5) is 29.4. The summed E-state index contributed by atoms with van der Waals surface area (Å²) in [5.74, 6) is 0.551. The average molecular weight is 423 g/mol. The maximum atomic E-state index is 12.6. The Morgan fingerprint density at radius 1 is 1.03 bits per heavy atom. The van der Waals surface area contributed by atoms with E-state index >= 15 is 0 Å². The van der Waals surface area contributed by atoms with E-state index in [1.54, 1.807) is 51.1 Å². The van der Waals surface area contributed by atoms with Crippen molar-refractivity contribution in [3.8, 4) is 17.2 Å². The number of hydrogen-bond donors (Lipinski definition) is 2. The van der Waals surface area contributed by atoms with Crippen LogP contribution >= 0.6 is 11.6 Å². The summed E-state index contributed by atoms with van der Waals surface area (Å²) in [6, 6.07) is 9.39. The molecule has 0 aliphatic carbocycles. The first-order valence-corrected chi connectivity index (χ1v) is 8.99. The number of carboxylic acid groups (broad SMARTS) is 1. The number of carbonyl (C=O) groups is 2. The molecule has 0 bridgehead atoms. The van der Waals surface area contributed by atoms with E-state index in [9.17, 15) is 14.7 Å². The summed E-state index contributed by atoms with van der Waals surface area (Å²) in [5.41, 5.74) is -0.0524. The summed E-state index contributed by atoms with van der Waals surface area (Å²) in [7, 11) is 2.91. The molecule has 9 heteroatoms. The predicted octanol–water partition coefficient (Wildman–Crippen LogP) is 4.68. The maximum Gasteiger partial charge on any atom is 0.441 e. The molecular formula is C20H23ClN2O6. The molecule has 2 aromatic rings. The fourth-order valence-electron chi connectivity index (χ4n) is 2.43. The van der Waals surface area contributed by atoms with Crippen molar-refractivity contribution < 1.29 is 29.0 Å². The first-order chi connectivity index (χ1) is 13.6. The Kier molecular flexibility index (Phi) is 6.81. The average Bonchev–Trinajstić information content (AvgIpc) is 2.65. The van der Waals surface area contributed by atoms with Crippen molar-refractivity contribution >= 4 is 29.3 Å². The second kappa shape index (κ2) is 8.91. The van der Waals surface area contributed by atoms with Crippen LogP contribution in [-0.4, -0.2) is 41.9 Å². The number of nitrogens with zero attached hydrogens (tertiary/aromatic N) is 1. The van der Waals surface area contributed by atoms with Crippen LogP contribution in [0, 0.1) is 0 Å². The zero-order chi connectivity index (χ0) is 21.8. The third kappa shape index (κ3) is 5.23. The van der Waals surface area contributed by atoms with Gasteiger partial charge in [-0.05, 0) is 57.2 Å². The molecule has 29 heavy (non-hydrogen) atoms. The summed E-state index contributed by atoms with van der Waals surface area (Å²) >= 11 is 6.26. The van der Waals surface area contributed by atoms with Crippen LogP contribution in [0.3, 0.4) is 0 Å². The molecule has 2 aromatic carbocycles. The van der Waals surface area contributed by atoms with Gasteiger partial charge in [0.1, 0.15) is 0 Å². The third-order valence-electron chi connectivity index (χ3n) is 3.82. The van der Waals surface area contributed by atoms with Gasteiger partial charge in [-0.25, -0.2) is 4.79 Å². The highest BCUT2D eigenvalue weighted by molar-refractivity contribution is 6.36. The Morgan fingerprint density at radius 2 is 1.66 bits per heavy atom. The van der Waals surface area contributed by atoms with E-state index in [1.807, 2.05) is 0 Å². The molecule has 2 amide bonds. The van der Waals surface area contributed by atoms with Crippen molar-refractivity contribution in [2.24, 2.45) is 0 Å². The first kappa shape index (κ1) is 22.2. The molecule has 0 aromatic heterocycles. The van der Waals surface area contributed by atoms with Gasteiger partial charge >= 0.3 is 6.09 Å². The van der Waals surface area contributed by atoms with Gasteiger partial charge in [0.05, 0.1) is 30.3 Å². The van der Waals surface area contributed by atoms with Crippen LogP contribution in [0.2, 0.25) is 5.02 Å². The Balaban J connectivity index is 2.16. The fraction of sp³-hybridized carbons (Fsp3) is 0.300. The summed E-state index contributed by atoms with van der Waals surface area (Å²) in [6.45, 7) is 5.13. The van der Waals surface area contributed by atoms with E-state index in [2.05, 4.69) is 5.32 Å². The summed E-state index contributed by atoms with van der Waals surface area (Å²) < 4.78 is 10.4. The Bertz CT molecular complexity index is 893. The van der Waals surface area contributed by atoms with Gasteiger partial charge in [0, 0.05) is 5.69 Å². The van der Waals surface area contributed by atoms with Crippen molar-refractivity contribution in [2.45, 2.75) is 26.3 Å². The summed E-state index contributed by atoms with van der Waals surface area (Å²) in [6.07, 6.45) is -1.21. The SMILES string of the molecule is COc1ccc(C(=O)Nc2ccc(ON(C(=O)O)C(C)(C)C)cc2)c(Cl)c1OC. The molecule has 0 saturated carbocycles. The molecule has 0 spiro atoms. The molecule has 2 rings (SSSR count). The number of rotatable bonds is 6. The number of anilines is 1. The van der Waals surface area contributed by atoms with Gasteiger partial charge in [0.15, 0.2) is 17.2 Å². The molecule has 2 N–H and O–H groups in total. The molecule has 156 valence electrons. The minimum atomic E-state index is -1.21. The molecule has 0 aliphatic rings. The zero-order valence-electron chi connectivity index (χ0n) is 16.8. The zero-order valence-corrected chi connectivity index (χ0v) is 17.5. The molecular weight excluding hydrogens is 400 g/mol. The first-order valence-electron chi connectivity index (χ1n) is 8.61. The van der Waals surface area contributed by atoms with Gasteiger partial charge in [-0.1, -0.05) is 11.6 Å². The molecule has 0 saturated heterocycles. The third-order valence-corrected chi connectivity index (χ3v) is 4.20. The van der Waals surface area contributed by atoms with E-state index in [-0.39, 0.29) is 16.3 Å². The monoisotopic (exact) mass is 422 g/mol. The minimum Gasteiger partial charge on any atom is -0.493 e. The molecule has 0 unspecified atom stereocenters. The van der Waals surface area contributed by atoms with E-state index in [1.165, 1.54) is 20.3 Å². The minimum absolute atomic E-state index is 0.131. The van der Waals surface area contributed by atoms with Gasteiger partial charge < -0.3 is 24.7 Å². The predicted molar refractivity (Wildman–Crippen MR) is 109 cm³/mol. The summed E-state index contributed by atoms with van der Waals surface area (Å²) in [5, 5.41) is 13.0. The second-order valence-electron chi connectivity index (χ2n) is 6.98. The smallest absolute Gasteiger partial charge is 0.441 e. The highest BCUT2D eigenvalue weighted by Gasteiger charge is 2.28. The number of hydrogen-bond acceptors (Lipinski definition) is 5. The lowest BCUT2D eigenvalue weighted by molar-refractivity contribution is -0.0958. The molecule has 0 atom stereocenters. The van der Waals surface area contributed by atoms with Gasteiger partial charge in [-0.2, -0.15) is 0 Å². The number of hydroxylamine groups is 2. The van der Waals surface area contributed by atoms with Gasteiger partial charge in [0.25, 0.3) is 5.91 Å². The van der Waals surface area contributed by atoms with Gasteiger partial charge in [-0.3, -0.25) is 4.79 Å². The largest absolute Gasteiger partial charge is 0.493 e. The molecule has 0 fully saturated rings. The van der Waals surface area contributed by atoms with Crippen LogP contribution in [-0.2, 0) is 0 Å². The number of methoxy groups -OCH3 is 2. The van der Waals surface area contributed by atoms with Crippen molar-refractivity contribution in [1.29, 1.82) is 0 Å². The lowest BCUT2D eigenvalue weighted by Gasteiger charge is -2.31. The van der Waals surface area contributed by atoms with Crippen molar-refractivity contribution in [3.63, 3.8) is 0 Å². The fourth-order valence-corrected chi connectivity index (χ4v) is 2.75. The molecule has 0 aliphatic heterocycles. The van der Waals surface area contributed by atoms with Crippen LogP contribution in [0.5, 0.6) is 17.2 Å². The highest BCUT2D eigenvalue weighted by Crippen LogP contribution is 2.37. The second-order valence-corrected chi connectivity index (χ2v) is 7.36. The normalized spacial score (nSPS) is 10.8. The Labute approximate surface area is 173 Å². The highest BCUT2D eigenvalue weighted by atomic mass is 35.5. The van der Waals surface area contributed by atoms with Crippen LogP contribution in [0.15, 0.2) is 36.4 Å². The van der Waals surface area contributed by atoms with Crippen molar-refractivity contribution in [2.75, 3.05) is 19.5 Å². The number of nitrogens with one attached hydrogen (secondary N) is 1. The lowest BCUT2D eigenvalue weighted by atomic mass is 10.1. The van der Waals surface area contributed by atoms with Gasteiger partial charge in [0.2, 0.25) is 0 Å². The van der Waals surface area contributed by atoms with Crippen LogP contribution in [0.25, 0.3) is 0 Å². The van der Waals surface area contributed by atoms with E-state index in [4.69, 9.17) is 25.9 Å². The number of carbonyl (C=O) groups excluding carboxylic acids is 1. The van der Waals surface area contributed by atoms with Gasteiger partial charge in [-0.15, -0.1) is 5.06 Å². The van der Waals surface area contributed by atoms with E-state index < -0.39 is 17.5 Å². The number of halogens is 1. The topological polar surface area (TPSA) is 97.3 Å². The molecule has 0 radical (unpaired) electrons. The van der Waals surface area contributed by atoms with Crippen molar-refractivity contribution in [3.05, 3.63) is 47.0 Å². The van der Waals surface area contributed by atoms with E-state index in [0.717, 1.165) is 5.06 Å². The van der Waals surface area contributed by atoms with Crippen LogP contribution < -0.4 is 19.6 Å². The van der Waals surface area contributed by atoms with Crippen LogP contribution in [0.4, 0.5) is 10.5 Å². The molecule has 0 heterocycles. The van der Waals surface area contributed by atoms with Crippen LogP contribution in [0.1, 0.15) is 31.1 Å². The number of ether oxygens (including phenoxy) is 2.